The third-order valence-corrected chi connectivity index (χ3v) is 3.58. The molecule has 0 saturated heterocycles. The van der Waals surface area contributed by atoms with Crippen molar-refractivity contribution in [2.75, 3.05) is 13.7 Å². The summed E-state index contributed by atoms with van der Waals surface area (Å²) in [6.07, 6.45) is 1.69. The lowest BCUT2D eigenvalue weighted by atomic mass is 10.2. The van der Waals surface area contributed by atoms with Gasteiger partial charge < -0.3 is 20.1 Å². The predicted molar refractivity (Wildman–Crippen MR) is 118 cm³/mol. The molecule has 28 heavy (non-hydrogen) atoms. The minimum atomic E-state index is -2.84. The maximum Gasteiger partial charge on any atom is 0.387 e. The van der Waals surface area contributed by atoms with Crippen LogP contribution in [0.25, 0.3) is 0 Å². The lowest BCUT2D eigenvalue weighted by Gasteiger charge is -2.15. The SMILES string of the molecule is C=CCOc1ccccc1CNC(=NC)NCc1cccc(OC(F)F)c1.I. The average molecular weight is 503 g/mol. The number of rotatable bonds is 9. The zero-order valence-electron chi connectivity index (χ0n) is 15.5. The Labute approximate surface area is 180 Å². The number of alkyl halides is 2. The zero-order chi connectivity index (χ0) is 19.5. The Hall–Kier alpha value is -2.36. The van der Waals surface area contributed by atoms with Gasteiger partial charge in [-0.15, -0.1) is 24.0 Å². The van der Waals surface area contributed by atoms with Gasteiger partial charge >= 0.3 is 6.61 Å². The summed E-state index contributed by atoms with van der Waals surface area (Å²) in [4.78, 5) is 4.17. The van der Waals surface area contributed by atoms with Crippen LogP contribution in [-0.4, -0.2) is 26.2 Å². The highest BCUT2D eigenvalue weighted by molar-refractivity contribution is 14.0. The molecule has 2 aromatic rings. The first-order valence-corrected chi connectivity index (χ1v) is 8.42. The highest BCUT2D eigenvalue weighted by atomic mass is 127. The Morgan fingerprint density at radius 3 is 2.61 bits per heavy atom. The van der Waals surface area contributed by atoms with Gasteiger partial charge in [-0.2, -0.15) is 8.78 Å². The van der Waals surface area contributed by atoms with Crippen molar-refractivity contribution >= 4 is 29.9 Å². The van der Waals surface area contributed by atoms with Crippen molar-refractivity contribution in [3.05, 3.63) is 72.3 Å². The molecule has 0 spiro atoms. The van der Waals surface area contributed by atoms with Crippen LogP contribution in [0, 0.1) is 0 Å². The molecule has 5 nitrogen and oxygen atoms in total. The zero-order valence-corrected chi connectivity index (χ0v) is 17.9. The monoisotopic (exact) mass is 503 g/mol. The van der Waals surface area contributed by atoms with Gasteiger partial charge in [0.25, 0.3) is 0 Å². The van der Waals surface area contributed by atoms with E-state index in [2.05, 4.69) is 26.9 Å². The Bertz CT molecular complexity index is 773. The van der Waals surface area contributed by atoms with Gasteiger partial charge in [0.1, 0.15) is 18.1 Å². The number of halogens is 3. The molecule has 2 rings (SSSR count). The second-order valence-electron chi connectivity index (χ2n) is 5.51. The maximum atomic E-state index is 12.3. The number of benzene rings is 2. The topological polar surface area (TPSA) is 54.9 Å². The van der Waals surface area contributed by atoms with E-state index in [1.165, 1.54) is 6.07 Å². The summed E-state index contributed by atoms with van der Waals surface area (Å²) in [5.41, 5.74) is 1.78. The van der Waals surface area contributed by atoms with Crippen molar-refractivity contribution < 1.29 is 18.3 Å². The molecule has 2 N–H and O–H groups in total. The number of hydrogen-bond donors (Lipinski definition) is 2. The van der Waals surface area contributed by atoms with Crippen molar-refractivity contribution in [2.45, 2.75) is 19.7 Å². The number of guanidine groups is 1. The minimum absolute atomic E-state index is 0. The van der Waals surface area contributed by atoms with Crippen molar-refractivity contribution in [3.63, 3.8) is 0 Å². The fourth-order valence-corrected chi connectivity index (χ4v) is 2.36. The molecule has 0 heterocycles. The van der Waals surface area contributed by atoms with E-state index in [-0.39, 0.29) is 29.7 Å². The molecule has 0 bridgehead atoms. The molecular formula is C20H24F2IN3O2. The number of aliphatic imine (C=N–C) groups is 1. The van der Waals surface area contributed by atoms with Crippen LogP contribution in [0.1, 0.15) is 11.1 Å². The van der Waals surface area contributed by atoms with Crippen LogP contribution in [0.5, 0.6) is 11.5 Å². The van der Waals surface area contributed by atoms with Gasteiger partial charge in [0.05, 0.1) is 0 Å². The minimum Gasteiger partial charge on any atom is -0.489 e. The first-order chi connectivity index (χ1) is 13.1. The van der Waals surface area contributed by atoms with Crippen LogP contribution >= 0.6 is 24.0 Å². The van der Waals surface area contributed by atoms with Crippen molar-refractivity contribution in [3.8, 4) is 11.5 Å². The second kappa shape index (κ2) is 12.9. The molecule has 0 radical (unpaired) electrons. The maximum absolute atomic E-state index is 12.3. The molecular weight excluding hydrogens is 479 g/mol. The number of para-hydroxylation sites is 1. The number of ether oxygens (including phenoxy) is 2. The summed E-state index contributed by atoms with van der Waals surface area (Å²) < 4.78 is 34.7. The standard InChI is InChI=1S/C20H23F2N3O2.HI/c1-3-11-26-18-10-5-4-8-16(18)14-25-20(23-2)24-13-15-7-6-9-17(12-15)27-19(21)22;/h3-10,12,19H,1,11,13-14H2,2H3,(H2,23,24,25);1H. The van der Waals surface area contributed by atoms with E-state index in [1.54, 1.807) is 25.3 Å². The normalized spacial score (nSPS) is 10.8. The Balaban J connectivity index is 0.00000392. The summed E-state index contributed by atoms with van der Waals surface area (Å²) >= 11 is 0. The first kappa shape index (κ1) is 23.7. The summed E-state index contributed by atoms with van der Waals surface area (Å²) in [5.74, 6) is 1.48. The molecule has 0 amide bonds. The van der Waals surface area contributed by atoms with Crippen molar-refractivity contribution in [1.82, 2.24) is 10.6 Å². The summed E-state index contributed by atoms with van der Waals surface area (Å²) in [6.45, 7) is 2.16. The van der Waals surface area contributed by atoms with Crippen LogP contribution in [0.2, 0.25) is 0 Å². The van der Waals surface area contributed by atoms with Gasteiger partial charge in [0.15, 0.2) is 5.96 Å². The molecule has 0 aliphatic heterocycles. The second-order valence-corrected chi connectivity index (χ2v) is 5.51. The van der Waals surface area contributed by atoms with Crippen molar-refractivity contribution in [1.29, 1.82) is 0 Å². The third kappa shape index (κ3) is 8.12. The van der Waals surface area contributed by atoms with Gasteiger partial charge in [0.2, 0.25) is 0 Å². The fraction of sp³-hybridized carbons (Fsp3) is 0.250. The molecule has 8 heteroatoms. The lowest BCUT2D eigenvalue weighted by molar-refractivity contribution is -0.0498. The Kier molecular flexibility index (Phi) is 10.9. The van der Waals surface area contributed by atoms with E-state index in [1.807, 2.05) is 30.3 Å². The Morgan fingerprint density at radius 1 is 1.14 bits per heavy atom. The van der Waals surface area contributed by atoms with Gasteiger partial charge in [-0.3, -0.25) is 4.99 Å². The lowest BCUT2D eigenvalue weighted by Crippen LogP contribution is -2.36. The molecule has 2 aromatic carbocycles. The van der Waals surface area contributed by atoms with Crippen LogP contribution in [-0.2, 0) is 13.1 Å². The highest BCUT2D eigenvalue weighted by Crippen LogP contribution is 2.18. The van der Waals surface area contributed by atoms with E-state index >= 15 is 0 Å². The van der Waals surface area contributed by atoms with E-state index in [0.29, 0.717) is 25.7 Å². The van der Waals surface area contributed by atoms with Crippen LogP contribution in [0.15, 0.2) is 66.2 Å². The van der Waals surface area contributed by atoms with E-state index in [4.69, 9.17) is 4.74 Å². The summed E-state index contributed by atoms with van der Waals surface area (Å²) in [7, 11) is 1.66. The number of nitrogens with one attached hydrogen (secondary N) is 2. The molecule has 0 aliphatic rings. The molecule has 0 aliphatic carbocycles. The van der Waals surface area contributed by atoms with E-state index in [9.17, 15) is 8.78 Å². The quantitative estimate of drug-likeness (QED) is 0.232. The summed E-state index contributed by atoms with van der Waals surface area (Å²) in [6, 6.07) is 14.2. The molecule has 0 aromatic heterocycles. The first-order valence-electron chi connectivity index (χ1n) is 8.42. The van der Waals surface area contributed by atoms with Crippen LogP contribution in [0.3, 0.4) is 0 Å². The molecule has 0 saturated carbocycles. The molecule has 0 unspecified atom stereocenters. The van der Waals surface area contributed by atoms with E-state index in [0.717, 1.165) is 16.9 Å². The number of hydrogen-bond acceptors (Lipinski definition) is 3. The average Bonchev–Trinajstić information content (AvgIpc) is 2.67. The van der Waals surface area contributed by atoms with Gasteiger partial charge in [0, 0.05) is 25.7 Å². The Morgan fingerprint density at radius 2 is 1.89 bits per heavy atom. The van der Waals surface area contributed by atoms with Gasteiger partial charge in [-0.1, -0.05) is 43.0 Å². The predicted octanol–water partition coefficient (Wildman–Crippen LogP) is 4.34. The fourth-order valence-electron chi connectivity index (χ4n) is 2.36. The highest BCUT2D eigenvalue weighted by Gasteiger charge is 2.06. The third-order valence-electron chi connectivity index (χ3n) is 3.58. The van der Waals surface area contributed by atoms with Crippen molar-refractivity contribution in [2.24, 2.45) is 4.99 Å². The largest absolute Gasteiger partial charge is 0.489 e. The molecule has 0 fully saturated rings. The van der Waals surface area contributed by atoms with Gasteiger partial charge in [-0.25, -0.2) is 0 Å². The molecule has 152 valence electrons. The van der Waals surface area contributed by atoms with Gasteiger partial charge in [-0.05, 0) is 23.8 Å². The smallest absolute Gasteiger partial charge is 0.387 e. The van der Waals surface area contributed by atoms with Crippen LogP contribution in [0.4, 0.5) is 8.78 Å². The van der Waals surface area contributed by atoms with Crippen LogP contribution < -0.4 is 20.1 Å². The van der Waals surface area contributed by atoms with E-state index < -0.39 is 6.61 Å². The summed E-state index contributed by atoms with van der Waals surface area (Å²) in [5, 5.41) is 6.34. The molecule has 0 atom stereocenters. The number of nitrogens with zero attached hydrogens (tertiary/aromatic N) is 1.